The Morgan fingerprint density at radius 3 is 2.57 bits per heavy atom. The molecule has 0 aromatic carbocycles. The first-order valence-corrected chi connectivity index (χ1v) is 5.18. The lowest BCUT2D eigenvalue weighted by Crippen LogP contribution is -2.52. The van der Waals surface area contributed by atoms with E-state index in [2.05, 4.69) is 24.1 Å². The molecule has 0 aliphatic carbocycles. The van der Waals surface area contributed by atoms with Crippen molar-refractivity contribution in [2.45, 2.75) is 32.4 Å². The van der Waals surface area contributed by atoms with Gasteiger partial charge in [-0.25, -0.2) is 0 Å². The van der Waals surface area contributed by atoms with Crippen molar-refractivity contribution in [3.05, 3.63) is 0 Å². The van der Waals surface area contributed by atoms with Crippen molar-refractivity contribution >= 4 is 5.97 Å². The maximum Gasteiger partial charge on any atom is 0.307 e. The molecular weight excluding hydrogens is 180 g/mol. The summed E-state index contributed by atoms with van der Waals surface area (Å²) in [6.07, 6.45) is 0.745. The minimum Gasteiger partial charge on any atom is -0.481 e. The summed E-state index contributed by atoms with van der Waals surface area (Å²) < 4.78 is 0. The third kappa shape index (κ3) is 2.69. The molecule has 0 bridgehead atoms. The van der Waals surface area contributed by atoms with Gasteiger partial charge in [0.05, 0.1) is 5.92 Å². The number of aliphatic carboxylic acids is 1. The van der Waals surface area contributed by atoms with E-state index >= 15 is 0 Å². The van der Waals surface area contributed by atoms with Crippen LogP contribution in [0.5, 0.6) is 0 Å². The number of nitrogens with zero attached hydrogens (tertiary/aromatic N) is 1. The molecule has 1 aliphatic rings. The topological polar surface area (TPSA) is 52.6 Å². The summed E-state index contributed by atoms with van der Waals surface area (Å²) in [5.41, 5.74) is 0. The molecule has 0 saturated carbocycles. The summed E-state index contributed by atoms with van der Waals surface area (Å²) >= 11 is 0. The molecule has 1 saturated heterocycles. The highest BCUT2D eigenvalue weighted by molar-refractivity contribution is 5.70. The predicted octanol–water partition coefficient (Wildman–Crippen LogP) is 0.389. The maximum atomic E-state index is 10.9. The average molecular weight is 200 g/mol. The molecule has 4 heteroatoms. The summed E-state index contributed by atoms with van der Waals surface area (Å²) in [6.45, 7) is 5.86. The number of rotatable bonds is 3. The zero-order valence-corrected chi connectivity index (χ0v) is 9.16. The largest absolute Gasteiger partial charge is 0.481 e. The molecule has 1 fully saturated rings. The highest BCUT2D eigenvalue weighted by Crippen LogP contribution is 2.18. The monoisotopic (exact) mass is 200 g/mol. The summed E-state index contributed by atoms with van der Waals surface area (Å²) in [6, 6.07) is 0.736. The van der Waals surface area contributed by atoms with Gasteiger partial charge in [0.15, 0.2) is 0 Å². The summed E-state index contributed by atoms with van der Waals surface area (Å²) in [5, 5.41) is 12.2. The van der Waals surface area contributed by atoms with Gasteiger partial charge in [-0.05, 0) is 27.3 Å². The SMILES string of the molecule is CNC1CC(C(=O)O)CN(C(C)C)C1. The number of hydrogen-bond donors (Lipinski definition) is 2. The van der Waals surface area contributed by atoms with Crippen LogP contribution in [0.4, 0.5) is 0 Å². The molecule has 2 atom stereocenters. The van der Waals surface area contributed by atoms with Gasteiger partial charge in [-0.15, -0.1) is 0 Å². The van der Waals surface area contributed by atoms with Crippen molar-refractivity contribution in [2.75, 3.05) is 20.1 Å². The number of hydrogen-bond acceptors (Lipinski definition) is 3. The van der Waals surface area contributed by atoms with Gasteiger partial charge in [0.2, 0.25) is 0 Å². The van der Waals surface area contributed by atoms with E-state index in [-0.39, 0.29) is 5.92 Å². The summed E-state index contributed by atoms with van der Waals surface area (Å²) in [7, 11) is 1.90. The maximum absolute atomic E-state index is 10.9. The lowest BCUT2D eigenvalue weighted by Gasteiger charge is -2.38. The minimum absolute atomic E-state index is 0.219. The molecule has 2 N–H and O–H groups in total. The van der Waals surface area contributed by atoms with Gasteiger partial charge in [0.25, 0.3) is 0 Å². The number of carboxylic acids is 1. The van der Waals surface area contributed by atoms with E-state index in [1.807, 2.05) is 7.05 Å². The second-order valence-corrected chi connectivity index (χ2v) is 4.30. The molecule has 14 heavy (non-hydrogen) atoms. The van der Waals surface area contributed by atoms with Crippen LogP contribution in [-0.4, -0.2) is 48.2 Å². The lowest BCUT2D eigenvalue weighted by atomic mass is 9.93. The fraction of sp³-hybridized carbons (Fsp3) is 0.900. The van der Waals surface area contributed by atoms with E-state index < -0.39 is 5.97 Å². The van der Waals surface area contributed by atoms with Gasteiger partial charge in [-0.2, -0.15) is 0 Å². The molecular formula is C10H20N2O2. The third-order valence-corrected chi connectivity index (χ3v) is 2.97. The Hall–Kier alpha value is -0.610. The van der Waals surface area contributed by atoms with Crippen LogP contribution in [-0.2, 0) is 4.79 Å². The van der Waals surface area contributed by atoms with Gasteiger partial charge in [0.1, 0.15) is 0 Å². The van der Waals surface area contributed by atoms with Gasteiger partial charge >= 0.3 is 5.97 Å². The van der Waals surface area contributed by atoms with Crippen LogP contribution in [0, 0.1) is 5.92 Å². The normalized spacial score (nSPS) is 29.4. The van der Waals surface area contributed by atoms with E-state index in [1.165, 1.54) is 0 Å². The van der Waals surface area contributed by atoms with Crippen molar-refractivity contribution in [2.24, 2.45) is 5.92 Å². The molecule has 1 heterocycles. The van der Waals surface area contributed by atoms with Gasteiger partial charge < -0.3 is 10.4 Å². The van der Waals surface area contributed by atoms with Crippen molar-refractivity contribution in [3.8, 4) is 0 Å². The summed E-state index contributed by atoms with van der Waals surface area (Å²) in [4.78, 5) is 13.2. The van der Waals surface area contributed by atoms with E-state index in [4.69, 9.17) is 5.11 Å². The Balaban J connectivity index is 2.61. The molecule has 0 spiro atoms. The first kappa shape index (κ1) is 11.5. The fourth-order valence-electron chi connectivity index (χ4n) is 1.94. The number of likely N-dealkylation sites (N-methyl/N-ethyl adjacent to an activating group) is 1. The highest BCUT2D eigenvalue weighted by atomic mass is 16.4. The van der Waals surface area contributed by atoms with Crippen LogP contribution in [0.3, 0.4) is 0 Å². The highest BCUT2D eigenvalue weighted by Gasteiger charge is 2.31. The molecule has 82 valence electrons. The molecule has 0 aromatic heterocycles. The van der Waals surface area contributed by atoms with Crippen molar-refractivity contribution in [1.29, 1.82) is 0 Å². The van der Waals surface area contributed by atoms with Crippen LogP contribution in [0.15, 0.2) is 0 Å². The molecule has 4 nitrogen and oxygen atoms in total. The first-order valence-electron chi connectivity index (χ1n) is 5.18. The Labute approximate surface area is 85.3 Å². The fourth-order valence-corrected chi connectivity index (χ4v) is 1.94. The second-order valence-electron chi connectivity index (χ2n) is 4.30. The molecule has 0 amide bonds. The van der Waals surface area contributed by atoms with Crippen LogP contribution < -0.4 is 5.32 Å². The number of likely N-dealkylation sites (tertiary alicyclic amines) is 1. The van der Waals surface area contributed by atoms with Crippen LogP contribution in [0.2, 0.25) is 0 Å². The number of piperidine rings is 1. The van der Waals surface area contributed by atoms with Gasteiger partial charge in [0, 0.05) is 25.2 Å². The Kier molecular flexibility index (Phi) is 3.89. The van der Waals surface area contributed by atoms with E-state index in [0.29, 0.717) is 18.6 Å². The minimum atomic E-state index is -0.671. The van der Waals surface area contributed by atoms with Gasteiger partial charge in [-0.1, -0.05) is 0 Å². The zero-order chi connectivity index (χ0) is 10.7. The Bertz CT molecular complexity index is 206. The molecule has 0 radical (unpaired) electrons. The second kappa shape index (κ2) is 4.75. The van der Waals surface area contributed by atoms with E-state index in [0.717, 1.165) is 13.0 Å². The lowest BCUT2D eigenvalue weighted by molar-refractivity contribution is -0.144. The van der Waals surface area contributed by atoms with Crippen molar-refractivity contribution in [1.82, 2.24) is 10.2 Å². The number of carboxylic acid groups (broad SMARTS) is 1. The van der Waals surface area contributed by atoms with Gasteiger partial charge in [-0.3, -0.25) is 9.69 Å². The number of nitrogens with one attached hydrogen (secondary N) is 1. The van der Waals surface area contributed by atoms with E-state index in [1.54, 1.807) is 0 Å². The number of carbonyl (C=O) groups is 1. The molecule has 1 aliphatic heterocycles. The van der Waals surface area contributed by atoms with Crippen LogP contribution in [0.25, 0.3) is 0 Å². The standard InChI is InChI=1S/C10H20N2O2/c1-7(2)12-5-8(10(13)14)4-9(6-12)11-3/h7-9,11H,4-6H2,1-3H3,(H,13,14). The zero-order valence-electron chi connectivity index (χ0n) is 9.16. The van der Waals surface area contributed by atoms with Crippen molar-refractivity contribution in [3.63, 3.8) is 0 Å². The summed E-state index contributed by atoms with van der Waals surface area (Å²) in [5.74, 6) is -0.890. The first-order chi connectivity index (χ1) is 6.54. The van der Waals surface area contributed by atoms with E-state index in [9.17, 15) is 4.79 Å². The quantitative estimate of drug-likeness (QED) is 0.692. The predicted molar refractivity (Wildman–Crippen MR) is 55.3 cm³/mol. The Morgan fingerprint density at radius 1 is 1.50 bits per heavy atom. The molecule has 1 rings (SSSR count). The molecule has 0 aromatic rings. The van der Waals surface area contributed by atoms with Crippen LogP contribution >= 0.6 is 0 Å². The van der Waals surface area contributed by atoms with Crippen molar-refractivity contribution < 1.29 is 9.90 Å². The molecule has 2 unspecified atom stereocenters. The van der Waals surface area contributed by atoms with Crippen LogP contribution in [0.1, 0.15) is 20.3 Å². The Morgan fingerprint density at radius 2 is 2.14 bits per heavy atom. The average Bonchev–Trinajstić information content (AvgIpc) is 2.16. The smallest absolute Gasteiger partial charge is 0.307 e. The third-order valence-electron chi connectivity index (χ3n) is 2.97.